The zero-order valence-electron chi connectivity index (χ0n) is 10.2. The third-order valence-electron chi connectivity index (χ3n) is 2.13. The molecule has 0 spiro atoms. The lowest BCUT2D eigenvalue weighted by Gasteiger charge is -2.19. The van der Waals surface area contributed by atoms with Crippen LogP contribution in [0.4, 0.5) is 0 Å². The van der Waals surface area contributed by atoms with Crippen molar-refractivity contribution in [2.45, 2.75) is 24.5 Å². The molecule has 1 aromatic heterocycles. The minimum atomic E-state index is -3.63. The number of nitrogens with two attached hydrogens (primary N) is 1. The lowest BCUT2D eigenvalue weighted by molar-refractivity contribution is 0.314. The minimum absolute atomic E-state index is 0.135. The molecule has 102 valence electrons. The third kappa shape index (κ3) is 3.40. The van der Waals surface area contributed by atoms with E-state index in [1.807, 2.05) is 6.92 Å². The number of thiazole rings is 1. The Bertz CT molecular complexity index is 524. The van der Waals surface area contributed by atoms with Gasteiger partial charge in [0.05, 0.1) is 17.7 Å². The summed E-state index contributed by atoms with van der Waals surface area (Å²) in [6.07, 6.45) is 1.96. The Hall–Kier alpha value is -1.19. The van der Waals surface area contributed by atoms with E-state index in [0.29, 0.717) is 18.0 Å². The Balaban J connectivity index is 3.04. The third-order valence-corrected chi connectivity index (χ3v) is 5.33. The number of nitrogens with zero attached hydrogens (tertiary/aromatic N) is 3. The van der Waals surface area contributed by atoms with Gasteiger partial charge in [-0.3, -0.25) is 0 Å². The Morgan fingerprint density at radius 2 is 2.33 bits per heavy atom. The van der Waals surface area contributed by atoms with Gasteiger partial charge < -0.3 is 10.9 Å². The van der Waals surface area contributed by atoms with E-state index in [1.54, 1.807) is 6.92 Å². The van der Waals surface area contributed by atoms with E-state index < -0.39 is 10.0 Å². The summed E-state index contributed by atoms with van der Waals surface area (Å²) in [5, 5.41) is 12.0. The molecule has 0 bridgehead atoms. The Morgan fingerprint density at radius 1 is 1.67 bits per heavy atom. The fourth-order valence-corrected chi connectivity index (χ4v) is 4.10. The number of rotatable bonds is 6. The summed E-state index contributed by atoms with van der Waals surface area (Å²) in [5.74, 6) is -0.145. The topological polar surface area (TPSA) is 109 Å². The molecule has 0 fully saturated rings. The van der Waals surface area contributed by atoms with E-state index in [4.69, 9.17) is 10.9 Å². The number of aromatic nitrogens is 1. The molecule has 0 aliphatic heterocycles. The maximum atomic E-state index is 12.3. The highest BCUT2D eigenvalue weighted by atomic mass is 32.2. The summed E-state index contributed by atoms with van der Waals surface area (Å²) in [6.45, 7) is 3.75. The molecule has 1 aromatic rings. The molecule has 0 aliphatic carbocycles. The van der Waals surface area contributed by atoms with Crippen LogP contribution in [0, 0.1) is 6.92 Å². The summed E-state index contributed by atoms with van der Waals surface area (Å²) < 4.78 is 25.9. The van der Waals surface area contributed by atoms with Gasteiger partial charge >= 0.3 is 0 Å². The average molecular weight is 292 g/mol. The lowest BCUT2D eigenvalue weighted by Crippen LogP contribution is -2.38. The first-order valence-corrected chi connectivity index (χ1v) is 7.56. The molecule has 0 unspecified atom stereocenters. The molecule has 0 saturated carbocycles. The molecule has 0 amide bonds. The zero-order chi connectivity index (χ0) is 13.8. The quantitative estimate of drug-likeness (QED) is 0.345. The average Bonchev–Trinajstić information content (AvgIpc) is 2.75. The molecule has 0 aliphatic rings. The highest BCUT2D eigenvalue weighted by Crippen LogP contribution is 2.22. The number of oxime groups is 1. The molecule has 1 rings (SSSR count). The highest BCUT2D eigenvalue weighted by Gasteiger charge is 2.26. The van der Waals surface area contributed by atoms with Gasteiger partial charge in [-0.05, 0) is 13.3 Å². The van der Waals surface area contributed by atoms with E-state index in [0.717, 1.165) is 11.3 Å². The van der Waals surface area contributed by atoms with Gasteiger partial charge in [0.15, 0.2) is 10.0 Å². The predicted octanol–water partition coefficient (Wildman–Crippen LogP) is 0.599. The fourth-order valence-electron chi connectivity index (χ4n) is 1.33. The normalized spacial score (nSPS) is 13.2. The second-order valence-corrected chi connectivity index (χ2v) is 7.03. The van der Waals surface area contributed by atoms with Crippen LogP contribution < -0.4 is 5.73 Å². The molecule has 18 heavy (non-hydrogen) atoms. The number of hydrogen-bond donors (Lipinski definition) is 2. The maximum Gasteiger partial charge on any atom is 0.254 e. The molecule has 7 nitrogen and oxygen atoms in total. The van der Waals surface area contributed by atoms with Crippen LogP contribution in [-0.2, 0) is 10.0 Å². The summed E-state index contributed by atoms with van der Waals surface area (Å²) >= 11 is 1.10. The monoisotopic (exact) mass is 292 g/mol. The molecule has 0 saturated heterocycles. The number of sulfonamides is 1. The van der Waals surface area contributed by atoms with E-state index in [1.165, 1.54) is 10.5 Å². The van der Waals surface area contributed by atoms with E-state index in [9.17, 15) is 8.42 Å². The van der Waals surface area contributed by atoms with Gasteiger partial charge in [-0.1, -0.05) is 12.1 Å². The smallest absolute Gasteiger partial charge is 0.254 e. The Morgan fingerprint density at radius 3 is 2.78 bits per heavy atom. The second kappa shape index (κ2) is 6.12. The predicted molar refractivity (Wildman–Crippen MR) is 69.3 cm³/mol. The molecule has 0 radical (unpaired) electrons. The van der Waals surface area contributed by atoms with Crippen LogP contribution in [0.15, 0.2) is 15.6 Å². The van der Waals surface area contributed by atoms with Crippen LogP contribution in [0.5, 0.6) is 0 Å². The van der Waals surface area contributed by atoms with Crippen molar-refractivity contribution >= 4 is 27.2 Å². The van der Waals surface area contributed by atoms with Crippen molar-refractivity contribution in [3.8, 4) is 0 Å². The van der Waals surface area contributed by atoms with Crippen LogP contribution in [0.25, 0.3) is 0 Å². The Labute approximate surface area is 110 Å². The Kier molecular flexibility index (Phi) is 5.05. The summed E-state index contributed by atoms with van der Waals surface area (Å²) in [5.41, 5.74) is 5.37. The standard InChI is InChI=1S/C9H16N4O3S2/c1-3-4-13(6-8(10)12-14)18(15,16)9-5-11-7(2)17-9/h5,14H,3-4,6H2,1-2H3,(H2,10,12). The van der Waals surface area contributed by atoms with Crippen LogP contribution in [-0.4, -0.2) is 41.8 Å². The first-order chi connectivity index (χ1) is 8.41. The van der Waals surface area contributed by atoms with E-state index in [2.05, 4.69) is 10.1 Å². The largest absolute Gasteiger partial charge is 0.409 e. The van der Waals surface area contributed by atoms with Crippen molar-refractivity contribution in [2.75, 3.05) is 13.1 Å². The van der Waals surface area contributed by atoms with Gasteiger partial charge in [0.25, 0.3) is 10.0 Å². The van der Waals surface area contributed by atoms with Crippen molar-refractivity contribution in [3.05, 3.63) is 11.2 Å². The van der Waals surface area contributed by atoms with Gasteiger partial charge in [0.1, 0.15) is 0 Å². The van der Waals surface area contributed by atoms with Gasteiger partial charge in [0, 0.05) is 6.54 Å². The SMILES string of the molecule is CCCN(CC(N)=NO)S(=O)(=O)c1cnc(C)s1. The summed E-state index contributed by atoms with van der Waals surface area (Å²) in [7, 11) is -3.63. The number of hydrogen-bond acceptors (Lipinski definition) is 6. The van der Waals surface area contributed by atoms with Gasteiger partial charge in [-0.2, -0.15) is 4.31 Å². The zero-order valence-corrected chi connectivity index (χ0v) is 11.8. The van der Waals surface area contributed by atoms with Crippen molar-refractivity contribution in [3.63, 3.8) is 0 Å². The number of aryl methyl sites for hydroxylation is 1. The lowest BCUT2D eigenvalue weighted by atomic mass is 10.4. The van der Waals surface area contributed by atoms with Crippen LogP contribution in [0.1, 0.15) is 18.4 Å². The van der Waals surface area contributed by atoms with Crippen molar-refractivity contribution in [1.82, 2.24) is 9.29 Å². The molecule has 3 N–H and O–H groups in total. The minimum Gasteiger partial charge on any atom is -0.409 e. The summed E-state index contributed by atoms with van der Waals surface area (Å²) in [4.78, 5) is 3.93. The van der Waals surface area contributed by atoms with Gasteiger partial charge in [-0.15, -0.1) is 11.3 Å². The first kappa shape index (κ1) is 14.9. The summed E-state index contributed by atoms with van der Waals surface area (Å²) in [6, 6.07) is 0. The molecule has 0 atom stereocenters. The molecule has 9 heteroatoms. The molecular weight excluding hydrogens is 276 g/mol. The highest BCUT2D eigenvalue weighted by molar-refractivity contribution is 7.91. The van der Waals surface area contributed by atoms with Gasteiger partial charge in [-0.25, -0.2) is 13.4 Å². The van der Waals surface area contributed by atoms with E-state index >= 15 is 0 Å². The molecule has 1 heterocycles. The van der Waals surface area contributed by atoms with Crippen LogP contribution >= 0.6 is 11.3 Å². The molecular formula is C9H16N4O3S2. The van der Waals surface area contributed by atoms with Crippen molar-refractivity contribution < 1.29 is 13.6 Å². The molecule has 0 aromatic carbocycles. The van der Waals surface area contributed by atoms with Crippen LogP contribution in [0.3, 0.4) is 0 Å². The van der Waals surface area contributed by atoms with Crippen molar-refractivity contribution in [2.24, 2.45) is 10.9 Å². The van der Waals surface area contributed by atoms with Crippen molar-refractivity contribution in [1.29, 1.82) is 0 Å². The van der Waals surface area contributed by atoms with Crippen LogP contribution in [0.2, 0.25) is 0 Å². The van der Waals surface area contributed by atoms with Gasteiger partial charge in [0.2, 0.25) is 0 Å². The second-order valence-electron chi connectivity index (χ2n) is 3.63. The maximum absolute atomic E-state index is 12.3. The number of amidine groups is 1. The van der Waals surface area contributed by atoms with E-state index in [-0.39, 0.29) is 16.6 Å². The fraction of sp³-hybridized carbons (Fsp3) is 0.556. The first-order valence-electron chi connectivity index (χ1n) is 5.30.